The summed E-state index contributed by atoms with van der Waals surface area (Å²) in [6, 6.07) is 1.83. The normalized spacial score (nSPS) is 10.6. The molecule has 0 radical (unpaired) electrons. The number of rotatable bonds is 3. The van der Waals surface area contributed by atoms with Crippen molar-refractivity contribution in [1.29, 1.82) is 0 Å². The first-order valence-electron chi connectivity index (χ1n) is 4.01. The molecular formula is C7H4Br2N4O2S. The van der Waals surface area contributed by atoms with Gasteiger partial charge in [-0.2, -0.15) is 0 Å². The Kier molecular flexibility index (Phi) is 3.36. The van der Waals surface area contributed by atoms with Crippen LogP contribution in [-0.2, 0) is 11.3 Å². The van der Waals surface area contributed by atoms with Crippen LogP contribution in [0.5, 0.6) is 0 Å². The first-order valence-corrected chi connectivity index (χ1v) is 6.41. The van der Waals surface area contributed by atoms with E-state index in [9.17, 15) is 4.79 Å². The molecule has 0 bridgehead atoms. The molecule has 0 fully saturated rings. The minimum absolute atomic E-state index is 0.254. The van der Waals surface area contributed by atoms with Crippen LogP contribution in [0, 0.1) is 0 Å². The lowest BCUT2D eigenvalue weighted by Gasteiger charge is -1.97. The van der Waals surface area contributed by atoms with Crippen molar-refractivity contribution in [3.63, 3.8) is 0 Å². The smallest absolute Gasteiger partial charge is 0.325 e. The van der Waals surface area contributed by atoms with Crippen molar-refractivity contribution in [3.05, 3.63) is 14.3 Å². The molecular weight excluding hydrogens is 364 g/mol. The highest BCUT2D eigenvalue weighted by Crippen LogP contribution is 2.37. The van der Waals surface area contributed by atoms with Crippen LogP contribution >= 0.6 is 43.2 Å². The molecule has 0 aliphatic carbocycles. The zero-order chi connectivity index (χ0) is 11.7. The van der Waals surface area contributed by atoms with Crippen molar-refractivity contribution in [1.82, 2.24) is 20.2 Å². The number of carboxylic acid groups (broad SMARTS) is 1. The first-order chi connectivity index (χ1) is 7.58. The van der Waals surface area contributed by atoms with E-state index in [-0.39, 0.29) is 6.54 Å². The summed E-state index contributed by atoms with van der Waals surface area (Å²) in [5.41, 5.74) is 0. The number of nitrogens with zero attached hydrogens (tertiary/aromatic N) is 4. The zero-order valence-corrected chi connectivity index (χ0v) is 11.6. The van der Waals surface area contributed by atoms with E-state index in [2.05, 4.69) is 47.4 Å². The summed E-state index contributed by atoms with van der Waals surface area (Å²) in [6.07, 6.45) is 0. The van der Waals surface area contributed by atoms with E-state index in [0.29, 0.717) is 5.82 Å². The number of hydrogen-bond donors (Lipinski definition) is 1. The maximum absolute atomic E-state index is 10.6. The Balaban J connectivity index is 2.40. The Morgan fingerprint density at radius 1 is 1.56 bits per heavy atom. The molecule has 0 aliphatic heterocycles. The Hall–Kier alpha value is -0.800. The van der Waals surface area contributed by atoms with Gasteiger partial charge in [-0.3, -0.25) is 4.79 Å². The van der Waals surface area contributed by atoms with Gasteiger partial charge in [0.2, 0.25) is 0 Å². The second kappa shape index (κ2) is 4.60. The van der Waals surface area contributed by atoms with Gasteiger partial charge in [0, 0.05) is 4.47 Å². The third-order valence-electron chi connectivity index (χ3n) is 1.68. The van der Waals surface area contributed by atoms with E-state index in [4.69, 9.17) is 5.11 Å². The predicted octanol–water partition coefficient (Wildman–Crippen LogP) is 2.01. The Morgan fingerprint density at radius 2 is 2.31 bits per heavy atom. The van der Waals surface area contributed by atoms with Crippen LogP contribution in [0.15, 0.2) is 14.3 Å². The fourth-order valence-electron chi connectivity index (χ4n) is 1.07. The van der Waals surface area contributed by atoms with Gasteiger partial charge in [-0.15, -0.1) is 16.4 Å². The van der Waals surface area contributed by atoms with Crippen molar-refractivity contribution in [2.75, 3.05) is 0 Å². The molecule has 2 aromatic heterocycles. The van der Waals surface area contributed by atoms with Gasteiger partial charge in [0.05, 0.1) is 8.66 Å². The lowest BCUT2D eigenvalue weighted by Crippen LogP contribution is -2.11. The molecule has 0 atom stereocenters. The Labute approximate surface area is 111 Å². The molecule has 0 unspecified atom stereocenters. The minimum Gasteiger partial charge on any atom is -0.480 e. The molecule has 2 aromatic rings. The average Bonchev–Trinajstić information content (AvgIpc) is 2.74. The van der Waals surface area contributed by atoms with Gasteiger partial charge in [0.1, 0.15) is 6.54 Å². The van der Waals surface area contributed by atoms with E-state index in [1.807, 2.05) is 6.07 Å². The minimum atomic E-state index is -0.983. The predicted molar refractivity (Wildman–Crippen MR) is 64.2 cm³/mol. The number of aliphatic carboxylic acids is 1. The van der Waals surface area contributed by atoms with Crippen molar-refractivity contribution >= 4 is 49.2 Å². The van der Waals surface area contributed by atoms with Crippen LogP contribution in [0.2, 0.25) is 0 Å². The number of carbonyl (C=O) groups is 1. The van der Waals surface area contributed by atoms with E-state index in [0.717, 1.165) is 13.1 Å². The molecule has 9 heteroatoms. The van der Waals surface area contributed by atoms with E-state index in [1.165, 1.54) is 16.0 Å². The van der Waals surface area contributed by atoms with Gasteiger partial charge in [0.15, 0.2) is 5.82 Å². The van der Waals surface area contributed by atoms with Crippen LogP contribution in [0.3, 0.4) is 0 Å². The van der Waals surface area contributed by atoms with Gasteiger partial charge in [-0.25, -0.2) is 4.68 Å². The van der Waals surface area contributed by atoms with E-state index >= 15 is 0 Å². The van der Waals surface area contributed by atoms with Crippen molar-refractivity contribution in [3.8, 4) is 10.7 Å². The average molecular weight is 368 g/mol. The number of halogens is 2. The standard InChI is InChI=1S/C7H4Br2N4O2S/c8-3-1-4(16-6(3)9)7-10-11-12-13(7)2-5(14)15/h1H,2H2,(H,14,15). The third-order valence-corrected chi connectivity index (χ3v) is 4.93. The Morgan fingerprint density at radius 3 is 2.88 bits per heavy atom. The molecule has 2 heterocycles. The van der Waals surface area contributed by atoms with Crippen LogP contribution < -0.4 is 0 Å². The topological polar surface area (TPSA) is 80.9 Å². The summed E-state index contributed by atoms with van der Waals surface area (Å²) in [7, 11) is 0. The molecule has 1 N–H and O–H groups in total. The molecule has 2 rings (SSSR count). The fraction of sp³-hybridized carbons (Fsp3) is 0.143. The second-order valence-electron chi connectivity index (χ2n) is 2.79. The highest BCUT2D eigenvalue weighted by atomic mass is 79.9. The first kappa shape index (κ1) is 11.7. The molecule has 0 saturated carbocycles. The molecule has 0 spiro atoms. The van der Waals surface area contributed by atoms with Gasteiger partial charge < -0.3 is 5.11 Å². The lowest BCUT2D eigenvalue weighted by molar-refractivity contribution is -0.137. The van der Waals surface area contributed by atoms with Gasteiger partial charge in [-0.05, 0) is 48.4 Å². The monoisotopic (exact) mass is 366 g/mol. The lowest BCUT2D eigenvalue weighted by atomic mass is 10.4. The summed E-state index contributed by atoms with van der Waals surface area (Å²) in [5, 5.41) is 19.6. The molecule has 0 amide bonds. The maximum atomic E-state index is 10.6. The number of hydrogen-bond acceptors (Lipinski definition) is 5. The van der Waals surface area contributed by atoms with Crippen molar-refractivity contribution < 1.29 is 9.90 Å². The second-order valence-corrected chi connectivity index (χ2v) is 6.01. The van der Waals surface area contributed by atoms with Gasteiger partial charge in [-0.1, -0.05) is 0 Å². The number of thiophene rings is 1. The molecule has 84 valence electrons. The highest BCUT2D eigenvalue weighted by molar-refractivity contribution is 9.13. The van der Waals surface area contributed by atoms with Gasteiger partial charge >= 0.3 is 5.97 Å². The van der Waals surface area contributed by atoms with Gasteiger partial charge in [0.25, 0.3) is 0 Å². The fourth-order valence-corrected chi connectivity index (χ4v) is 3.10. The van der Waals surface area contributed by atoms with Crippen LogP contribution in [0.1, 0.15) is 0 Å². The quantitative estimate of drug-likeness (QED) is 0.897. The summed E-state index contributed by atoms with van der Waals surface area (Å²) < 4.78 is 3.04. The molecule has 6 nitrogen and oxygen atoms in total. The molecule has 0 saturated heterocycles. The van der Waals surface area contributed by atoms with Crippen molar-refractivity contribution in [2.45, 2.75) is 6.54 Å². The molecule has 0 aromatic carbocycles. The van der Waals surface area contributed by atoms with Crippen molar-refractivity contribution in [2.24, 2.45) is 0 Å². The Bertz CT molecular complexity index is 519. The third kappa shape index (κ3) is 2.30. The van der Waals surface area contributed by atoms with Crippen LogP contribution in [0.4, 0.5) is 0 Å². The maximum Gasteiger partial charge on any atom is 0.325 e. The SMILES string of the molecule is O=C(O)Cn1nnnc1-c1cc(Br)c(Br)s1. The number of aromatic nitrogens is 4. The summed E-state index contributed by atoms with van der Waals surface area (Å²) in [6.45, 7) is -0.254. The van der Waals surface area contributed by atoms with E-state index < -0.39 is 5.97 Å². The van der Waals surface area contributed by atoms with Crippen LogP contribution in [0.25, 0.3) is 10.7 Å². The number of carboxylic acids is 1. The summed E-state index contributed by atoms with van der Waals surface area (Å²) in [5.74, 6) is -0.540. The zero-order valence-electron chi connectivity index (χ0n) is 7.59. The largest absolute Gasteiger partial charge is 0.480 e. The highest BCUT2D eigenvalue weighted by Gasteiger charge is 2.15. The molecule has 16 heavy (non-hydrogen) atoms. The number of tetrazole rings is 1. The summed E-state index contributed by atoms with van der Waals surface area (Å²) in [4.78, 5) is 11.4. The summed E-state index contributed by atoms with van der Waals surface area (Å²) >= 11 is 8.13. The molecule has 0 aliphatic rings. The van der Waals surface area contributed by atoms with Crippen LogP contribution in [-0.4, -0.2) is 31.3 Å². The van der Waals surface area contributed by atoms with E-state index in [1.54, 1.807) is 0 Å².